The van der Waals surface area contributed by atoms with Crippen LogP contribution < -0.4 is 5.32 Å². The van der Waals surface area contributed by atoms with Crippen LogP contribution in [0.15, 0.2) is 36.5 Å². The first-order chi connectivity index (χ1) is 13.3. The van der Waals surface area contributed by atoms with Crippen molar-refractivity contribution in [1.29, 1.82) is 0 Å². The number of amides is 1. The number of carbonyl (C=O) groups excluding carboxylic acids is 1. The summed E-state index contributed by atoms with van der Waals surface area (Å²) in [6.45, 7) is 2.32. The average Bonchev–Trinajstić information content (AvgIpc) is 2.73. The summed E-state index contributed by atoms with van der Waals surface area (Å²) in [6, 6.07) is 10.0. The van der Waals surface area contributed by atoms with Crippen molar-refractivity contribution < 1.29 is 9.63 Å². The lowest BCUT2D eigenvalue weighted by molar-refractivity contribution is -0.181. The Labute approximate surface area is 159 Å². The quantitative estimate of drug-likeness (QED) is 0.881. The van der Waals surface area contributed by atoms with Crippen LogP contribution in [-0.4, -0.2) is 40.6 Å². The Kier molecular flexibility index (Phi) is 5.75. The number of benzene rings is 1. The number of hydroxylamine groups is 2. The van der Waals surface area contributed by atoms with Crippen LogP contribution in [0.3, 0.4) is 0 Å². The van der Waals surface area contributed by atoms with Crippen molar-refractivity contribution in [2.45, 2.75) is 44.6 Å². The molecule has 1 saturated heterocycles. The van der Waals surface area contributed by atoms with Crippen LogP contribution in [0, 0.1) is 0 Å². The maximum Gasteiger partial charge on any atom is 0.221 e. The van der Waals surface area contributed by atoms with Crippen molar-refractivity contribution in [2.75, 3.05) is 19.7 Å². The molecule has 1 N–H and O–H groups in total. The zero-order valence-corrected chi connectivity index (χ0v) is 15.6. The van der Waals surface area contributed by atoms with Crippen molar-refractivity contribution in [3.05, 3.63) is 47.8 Å². The molecule has 142 valence electrons. The van der Waals surface area contributed by atoms with Crippen LogP contribution in [0.1, 0.15) is 49.4 Å². The van der Waals surface area contributed by atoms with E-state index in [1.807, 2.05) is 41.6 Å². The molecule has 1 fully saturated rings. The van der Waals surface area contributed by atoms with E-state index in [0.29, 0.717) is 13.0 Å². The van der Waals surface area contributed by atoms with Gasteiger partial charge in [0.15, 0.2) is 5.82 Å². The molecule has 6 heteroatoms. The second-order valence-electron chi connectivity index (χ2n) is 7.19. The third-order valence-corrected chi connectivity index (χ3v) is 5.21. The molecule has 1 aromatic carbocycles. The van der Waals surface area contributed by atoms with Crippen LogP contribution in [-0.2, 0) is 16.1 Å². The highest BCUT2D eigenvalue weighted by Gasteiger charge is 2.24. The Hall–Kier alpha value is -2.31. The lowest BCUT2D eigenvalue weighted by atomic mass is 9.92. The van der Waals surface area contributed by atoms with Crippen LogP contribution in [0.5, 0.6) is 0 Å². The molecule has 27 heavy (non-hydrogen) atoms. The predicted octanol–water partition coefficient (Wildman–Crippen LogP) is 3.05. The average molecular weight is 366 g/mol. The number of aromatic nitrogens is 2. The van der Waals surface area contributed by atoms with Gasteiger partial charge in [0.05, 0.1) is 12.6 Å². The van der Waals surface area contributed by atoms with Gasteiger partial charge in [-0.2, -0.15) is 5.06 Å². The van der Waals surface area contributed by atoms with Gasteiger partial charge in [-0.05, 0) is 32.1 Å². The number of nitrogens with one attached hydrogen (secondary N) is 1. The molecule has 0 bridgehead atoms. The lowest BCUT2D eigenvalue weighted by Gasteiger charge is -2.27. The molecule has 1 aliphatic heterocycles. The zero-order valence-electron chi connectivity index (χ0n) is 15.6. The summed E-state index contributed by atoms with van der Waals surface area (Å²) >= 11 is 0. The molecule has 1 amide bonds. The minimum atomic E-state index is 0.00773. The van der Waals surface area contributed by atoms with Crippen LogP contribution >= 0.6 is 0 Å². The highest BCUT2D eigenvalue weighted by Crippen LogP contribution is 2.29. The number of carbonyl (C=O) groups is 1. The predicted molar refractivity (Wildman–Crippen MR) is 103 cm³/mol. The molecule has 1 aromatic heterocycles. The Balaban J connectivity index is 1.40. The first kappa shape index (κ1) is 18.1. The van der Waals surface area contributed by atoms with Gasteiger partial charge in [0.25, 0.3) is 0 Å². The van der Waals surface area contributed by atoms with Crippen LogP contribution in [0.2, 0.25) is 0 Å². The standard InChI is InChI=1S/C21H26N4O2/c26-20(11-13-25-12-4-5-14-27-25)23-18-9-6-10-19-17(18)15-22-21(24-19)16-7-2-1-3-8-16/h1-3,7-8,15,18H,4-6,9-14H2,(H,23,26)/t18-/m1/s1. The Morgan fingerprint density at radius 2 is 2.11 bits per heavy atom. The fourth-order valence-electron chi connectivity index (χ4n) is 3.74. The summed E-state index contributed by atoms with van der Waals surface area (Å²) in [6.07, 6.45) is 7.49. The van der Waals surface area contributed by atoms with Gasteiger partial charge in [-0.15, -0.1) is 0 Å². The summed E-state index contributed by atoms with van der Waals surface area (Å²) < 4.78 is 0. The molecule has 6 nitrogen and oxygen atoms in total. The van der Waals surface area contributed by atoms with Gasteiger partial charge < -0.3 is 5.32 Å². The van der Waals surface area contributed by atoms with Gasteiger partial charge in [-0.1, -0.05) is 30.3 Å². The molecular weight excluding hydrogens is 340 g/mol. The normalized spacial score (nSPS) is 20.1. The molecular formula is C21H26N4O2. The molecule has 0 spiro atoms. The smallest absolute Gasteiger partial charge is 0.221 e. The van der Waals surface area contributed by atoms with Crippen molar-refractivity contribution >= 4 is 5.91 Å². The minimum Gasteiger partial charge on any atom is -0.349 e. The monoisotopic (exact) mass is 366 g/mol. The number of nitrogens with zero attached hydrogens (tertiary/aromatic N) is 3. The van der Waals surface area contributed by atoms with Crippen molar-refractivity contribution in [3.8, 4) is 11.4 Å². The van der Waals surface area contributed by atoms with E-state index < -0.39 is 0 Å². The fourth-order valence-corrected chi connectivity index (χ4v) is 3.74. The summed E-state index contributed by atoms with van der Waals surface area (Å²) in [7, 11) is 0. The number of aryl methyl sites for hydroxylation is 1. The first-order valence-corrected chi connectivity index (χ1v) is 9.88. The van der Waals surface area contributed by atoms with Gasteiger partial charge >= 0.3 is 0 Å². The summed E-state index contributed by atoms with van der Waals surface area (Å²) in [5.74, 6) is 0.817. The molecule has 2 aliphatic rings. The molecule has 1 aliphatic carbocycles. The van der Waals surface area contributed by atoms with E-state index in [0.717, 1.165) is 67.9 Å². The second kappa shape index (κ2) is 8.59. The maximum atomic E-state index is 12.4. The fraction of sp³-hybridized carbons (Fsp3) is 0.476. The van der Waals surface area contributed by atoms with Crippen molar-refractivity contribution in [1.82, 2.24) is 20.3 Å². The number of fused-ring (bicyclic) bond motifs is 1. The maximum absolute atomic E-state index is 12.4. The SMILES string of the molecule is O=C(CCN1CCCCO1)N[C@@H]1CCCc2nc(-c3ccccc3)ncc21. The van der Waals surface area contributed by atoms with E-state index in [1.54, 1.807) is 0 Å². The lowest BCUT2D eigenvalue weighted by Crippen LogP contribution is -2.36. The van der Waals surface area contributed by atoms with Gasteiger partial charge in [0, 0.05) is 42.5 Å². The van der Waals surface area contributed by atoms with Crippen LogP contribution in [0.4, 0.5) is 0 Å². The largest absolute Gasteiger partial charge is 0.349 e. The van der Waals surface area contributed by atoms with E-state index >= 15 is 0 Å². The number of hydrogen-bond donors (Lipinski definition) is 1. The highest BCUT2D eigenvalue weighted by molar-refractivity contribution is 5.76. The topological polar surface area (TPSA) is 67.3 Å². The first-order valence-electron chi connectivity index (χ1n) is 9.88. The Bertz CT molecular complexity index is 775. The van der Waals surface area contributed by atoms with Gasteiger partial charge in [0.2, 0.25) is 5.91 Å². The van der Waals surface area contributed by atoms with Gasteiger partial charge in [0.1, 0.15) is 0 Å². The second-order valence-corrected chi connectivity index (χ2v) is 7.19. The number of hydrogen-bond acceptors (Lipinski definition) is 5. The molecule has 0 saturated carbocycles. The van der Waals surface area contributed by atoms with E-state index in [1.165, 1.54) is 0 Å². The van der Waals surface area contributed by atoms with Crippen molar-refractivity contribution in [3.63, 3.8) is 0 Å². The van der Waals surface area contributed by atoms with Crippen molar-refractivity contribution in [2.24, 2.45) is 0 Å². The van der Waals surface area contributed by atoms with E-state index in [-0.39, 0.29) is 11.9 Å². The summed E-state index contributed by atoms with van der Waals surface area (Å²) in [5, 5.41) is 5.08. The summed E-state index contributed by atoms with van der Waals surface area (Å²) in [5.41, 5.74) is 3.14. The highest BCUT2D eigenvalue weighted by atomic mass is 16.7. The van der Waals surface area contributed by atoms with E-state index in [9.17, 15) is 4.79 Å². The minimum absolute atomic E-state index is 0.00773. The van der Waals surface area contributed by atoms with E-state index in [4.69, 9.17) is 9.82 Å². The van der Waals surface area contributed by atoms with Crippen LogP contribution in [0.25, 0.3) is 11.4 Å². The Morgan fingerprint density at radius 1 is 1.22 bits per heavy atom. The zero-order chi connectivity index (χ0) is 18.5. The third kappa shape index (κ3) is 4.51. The molecule has 0 radical (unpaired) electrons. The Morgan fingerprint density at radius 3 is 2.93 bits per heavy atom. The molecule has 1 atom stereocenters. The molecule has 4 rings (SSSR count). The van der Waals surface area contributed by atoms with Gasteiger partial charge in [-0.25, -0.2) is 9.97 Å². The molecule has 0 unspecified atom stereocenters. The van der Waals surface area contributed by atoms with Gasteiger partial charge in [-0.3, -0.25) is 9.63 Å². The summed E-state index contributed by atoms with van der Waals surface area (Å²) in [4.78, 5) is 27.3. The molecule has 2 heterocycles. The number of rotatable bonds is 5. The molecule has 2 aromatic rings. The van der Waals surface area contributed by atoms with E-state index in [2.05, 4.69) is 10.3 Å². The third-order valence-electron chi connectivity index (χ3n) is 5.21.